The fraction of sp³-hybridized carbons (Fsp3) is 0.333. The summed E-state index contributed by atoms with van der Waals surface area (Å²) >= 11 is 5.81. The monoisotopic (exact) mass is 483 g/mol. The van der Waals surface area contributed by atoms with Gasteiger partial charge < -0.3 is 9.64 Å². The Morgan fingerprint density at radius 3 is 2.41 bits per heavy atom. The molecular formula is C24H22ClN3O6. The van der Waals surface area contributed by atoms with Crippen LogP contribution in [0, 0.1) is 21.4 Å². The highest BCUT2D eigenvalue weighted by atomic mass is 35.5. The summed E-state index contributed by atoms with van der Waals surface area (Å²) in [6.45, 7) is -0.590. The Bertz CT molecular complexity index is 1180. The molecule has 0 atom stereocenters. The van der Waals surface area contributed by atoms with E-state index in [1.54, 1.807) is 0 Å². The standard InChI is InChI=1S/C24H22ClN3O6/c1-27(24(15-26)11-5-2-6-12-24)21(29)14-34-23(31)18-8-4-3-7-17(18)22(30)16-9-10-19(25)20(13-16)28(32)33/h3-4,7-10,13H,2,5-6,11-12,14H2,1H3. The normalized spacial score (nSPS) is 14.5. The van der Waals surface area contributed by atoms with Crippen LogP contribution in [0.2, 0.25) is 5.02 Å². The Labute approximate surface area is 201 Å². The van der Waals surface area contributed by atoms with E-state index in [1.165, 1.54) is 48.3 Å². The van der Waals surface area contributed by atoms with Gasteiger partial charge in [-0.2, -0.15) is 5.26 Å². The van der Waals surface area contributed by atoms with Crippen molar-refractivity contribution in [3.8, 4) is 6.07 Å². The van der Waals surface area contributed by atoms with Crippen molar-refractivity contribution >= 4 is 34.9 Å². The number of rotatable bonds is 7. The number of ether oxygens (including phenoxy) is 1. The van der Waals surface area contributed by atoms with Crippen LogP contribution in [0.15, 0.2) is 42.5 Å². The lowest BCUT2D eigenvalue weighted by molar-refractivity contribution is -0.384. The number of carbonyl (C=O) groups excluding carboxylic acids is 3. The van der Waals surface area contributed by atoms with E-state index in [9.17, 15) is 29.8 Å². The summed E-state index contributed by atoms with van der Waals surface area (Å²) in [7, 11) is 1.52. The number of nitriles is 1. The molecule has 1 amide bonds. The number of nitrogens with zero attached hydrogens (tertiary/aromatic N) is 3. The fourth-order valence-corrected chi connectivity index (χ4v) is 4.19. The molecule has 9 nitrogen and oxygen atoms in total. The van der Waals surface area contributed by atoms with Gasteiger partial charge in [-0.25, -0.2) is 4.79 Å². The maximum Gasteiger partial charge on any atom is 0.339 e. The second-order valence-corrected chi connectivity index (χ2v) is 8.44. The molecule has 3 rings (SSSR count). The molecule has 0 radical (unpaired) electrons. The van der Waals surface area contributed by atoms with Crippen LogP contribution in [0.3, 0.4) is 0 Å². The number of benzene rings is 2. The molecule has 1 fully saturated rings. The van der Waals surface area contributed by atoms with Gasteiger partial charge in [0.05, 0.1) is 16.6 Å². The second-order valence-electron chi connectivity index (χ2n) is 8.03. The molecule has 34 heavy (non-hydrogen) atoms. The third kappa shape index (κ3) is 5.07. The number of esters is 1. The van der Waals surface area contributed by atoms with Crippen LogP contribution >= 0.6 is 11.6 Å². The van der Waals surface area contributed by atoms with Crippen LogP contribution in [-0.4, -0.2) is 46.7 Å². The summed E-state index contributed by atoms with van der Waals surface area (Å²) < 4.78 is 5.18. The predicted octanol–water partition coefficient (Wildman–Crippen LogP) is 4.32. The molecule has 1 saturated carbocycles. The van der Waals surface area contributed by atoms with E-state index < -0.39 is 40.4 Å². The van der Waals surface area contributed by atoms with Crippen LogP contribution < -0.4 is 0 Å². The Balaban J connectivity index is 1.77. The van der Waals surface area contributed by atoms with Gasteiger partial charge in [-0.3, -0.25) is 19.7 Å². The van der Waals surface area contributed by atoms with Crippen LogP contribution in [0.4, 0.5) is 5.69 Å². The summed E-state index contributed by atoms with van der Waals surface area (Å²) in [4.78, 5) is 50.2. The summed E-state index contributed by atoms with van der Waals surface area (Å²) in [6, 6.07) is 11.7. The first-order valence-electron chi connectivity index (χ1n) is 10.6. The van der Waals surface area contributed by atoms with E-state index in [-0.39, 0.29) is 21.7 Å². The van der Waals surface area contributed by atoms with Crippen molar-refractivity contribution < 1.29 is 24.0 Å². The quantitative estimate of drug-likeness (QED) is 0.248. The fourth-order valence-electron chi connectivity index (χ4n) is 4.01. The topological polar surface area (TPSA) is 131 Å². The Kier molecular flexibility index (Phi) is 7.64. The van der Waals surface area contributed by atoms with E-state index >= 15 is 0 Å². The average molecular weight is 484 g/mol. The zero-order valence-corrected chi connectivity index (χ0v) is 19.2. The van der Waals surface area contributed by atoms with Gasteiger partial charge in [-0.1, -0.05) is 49.1 Å². The average Bonchev–Trinajstić information content (AvgIpc) is 2.86. The van der Waals surface area contributed by atoms with Gasteiger partial charge >= 0.3 is 5.97 Å². The third-order valence-electron chi connectivity index (χ3n) is 6.03. The molecule has 0 saturated heterocycles. The number of hydrogen-bond donors (Lipinski definition) is 0. The smallest absolute Gasteiger partial charge is 0.339 e. The highest BCUT2D eigenvalue weighted by molar-refractivity contribution is 6.33. The van der Waals surface area contributed by atoms with Crippen molar-refractivity contribution in [3.05, 3.63) is 74.3 Å². The molecule has 2 aromatic carbocycles. The van der Waals surface area contributed by atoms with Crippen LogP contribution in [0.5, 0.6) is 0 Å². The molecule has 0 N–H and O–H groups in total. The maximum absolute atomic E-state index is 13.0. The van der Waals surface area contributed by atoms with Crippen LogP contribution in [0.25, 0.3) is 0 Å². The first-order chi connectivity index (χ1) is 16.2. The molecule has 176 valence electrons. The number of carbonyl (C=O) groups is 3. The Hall–Kier alpha value is -3.77. The number of likely N-dealkylation sites (N-methyl/N-ethyl adjacent to an activating group) is 1. The minimum Gasteiger partial charge on any atom is -0.452 e. The van der Waals surface area contributed by atoms with Gasteiger partial charge in [0.15, 0.2) is 12.4 Å². The first kappa shape index (κ1) is 24.9. The van der Waals surface area contributed by atoms with Crippen molar-refractivity contribution in [2.24, 2.45) is 0 Å². The first-order valence-corrected chi connectivity index (χ1v) is 11.0. The molecule has 0 aliphatic heterocycles. The number of ketones is 1. The molecule has 0 unspecified atom stereocenters. The predicted molar refractivity (Wildman–Crippen MR) is 122 cm³/mol. The highest BCUT2D eigenvalue weighted by Crippen LogP contribution is 2.32. The highest BCUT2D eigenvalue weighted by Gasteiger charge is 2.39. The minimum absolute atomic E-state index is 0.0274. The number of nitro groups is 1. The molecule has 2 aromatic rings. The van der Waals surface area contributed by atoms with E-state index in [0.717, 1.165) is 25.3 Å². The van der Waals surface area contributed by atoms with Gasteiger partial charge in [0, 0.05) is 24.2 Å². The number of halogens is 1. The van der Waals surface area contributed by atoms with Crippen molar-refractivity contribution in [3.63, 3.8) is 0 Å². The lowest BCUT2D eigenvalue weighted by atomic mass is 9.81. The van der Waals surface area contributed by atoms with Crippen LogP contribution in [-0.2, 0) is 9.53 Å². The molecule has 0 aromatic heterocycles. The largest absolute Gasteiger partial charge is 0.452 e. The second kappa shape index (κ2) is 10.4. The molecule has 1 aliphatic carbocycles. The van der Waals surface area contributed by atoms with E-state index in [4.69, 9.17) is 16.3 Å². The Morgan fingerprint density at radius 2 is 1.79 bits per heavy atom. The van der Waals surface area contributed by atoms with Gasteiger partial charge in [0.1, 0.15) is 10.6 Å². The third-order valence-corrected chi connectivity index (χ3v) is 6.35. The molecule has 0 spiro atoms. The van der Waals surface area contributed by atoms with Crippen LogP contribution in [0.1, 0.15) is 58.4 Å². The van der Waals surface area contributed by atoms with Crippen molar-refractivity contribution in [2.45, 2.75) is 37.6 Å². The molecule has 10 heteroatoms. The van der Waals surface area contributed by atoms with Gasteiger partial charge in [-0.15, -0.1) is 0 Å². The molecule has 0 heterocycles. The van der Waals surface area contributed by atoms with Crippen molar-refractivity contribution in [1.29, 1.82) is 5.26 Å². The summed E-state index contributed by atoms with van der Waals surface area (Å²) in [5.74, 6) is -2.06. The molecule has 0 bridgehead atoms. The number of nitro benzene ring substituents is 1. The van der Waals surface area contributed by atoms with E-state index in [1.807, 2.05) is 0 Å². The Morgan fingerprint density at radius 1 is 1.15 bits per heavy atom. The lowest BCUT2D eigenvalue weighted by Gasteiger charge is -2.38. The summed E-state index contributed by atoms with van der Waals surface area (Å²) in [5.41, 5.74) is -1.51. The zero-order chi connectivity index (χ0) is 24.9. The zero-order valence-electron chi connectivity index (χ0n) is 18.5. The summed E-state index contributed by atoms with van der Waals surface area (Å²) in [5, 5.41) is 20.7. The maximum atomic E-state index is 13.0. The minimum atomic E-state index is -0.918. The number of hydrogen-bond acceptors (Lipinski definition) is 7. The molecule has 1 aliphatic rings. The lowest BCUT2D eigenvalue weighted by Crippen LogP contribution is -2.51. The van der Waals surface area contributed by atoms with Gasteiger partial charge in [0.2, 0.25) is 0 Å². The number of amides is 1. The van der Waals surface area contributed by atoms with Crippen molar-refractivity contribution in [1.82, 2.24) is 4.90 Å². The molecular weight excluding hydrogens is 462 g/mol. The summed E-state index contributed by atoms with van der Waals surface area (Å²) in [6.07, 6.45) is 3.79. The SMILES string of the molecule is CN(C(=O)COC(=O)c1ccccc1C(=O)c1ccc(Cl)c([N+](=O)[O-])c1)C1(C#N)CCCCC1. The van der Waals surface area contributed by atoms with E-state index in [2.05, 4.69) is 6.07 Å². The van der Waals surface area contributed by atoms with Gasteiger partial charge in [0.25, 0.3) is 11.6 Å². The van der Waals surface area contributed by atoms with Gasteiger partial charge in [-0.05, 0) is 31.0 Å². The van der Waals surface area contributed by atoms with Crippen molar-refractivity contribution in [2.75, 3.05) is 13.7 Å². The van der Waals surface area contributed by atoms with E-state index in [0.29, 0.717) is 12.8 Å².